The number of benzene rings is 1. The van der Waals surface area contributed by atoms with Crippen LogP contribution < -0.4 is 0 Å². The number of thioether (sulfide) groups is 1. The molecule has 1 N–H and O–H groups in total. The van der Waals surface area contributed by atoms with Gasteiger partial charge in [0.05, 0.1) is 12.7 Å². The summed E-state index contributed by atoms with van der Waals surface area (Å²) in [5.41, 5.74) is 1.16. The van der Waals surface area contributed by atoms with Crippen molar-refractivity contribution in [3.63, 3.8) is 0 Å². The molecule has 1 aromatic carbocycles. The fraction of sp³-hybridized carbons (Fsp3) is 0.704. The number of hydrogen-bond acceptors (Lipinski definition) is 5. The SMILES string of the molecule is CCOC(=O)CCCCCCC1C(=O)CCC1SCC(O)C(C)(C)CCc1ccccc1. The summed E-state index contributed by atoms with van der Waals surface area (Å²) in [7, 11) is 0. The third-order valence-electron chi connectivity index (χ3n) is 6.76. The molecular weight excluding hydrogens is 420 g/mol. The summed E-state index contributed by atoms with van der Waals surface area (Å²) >= 11 is 1.80. The van der Waals surface area contributed by atoms with E-state index in [1.54, 1.807) is 11.8 Å². The molecule has 1 aliphatic rings. The Kier molecular flexibility index (Phi) is 11.8. The maximum Gasteiger partial charge on any atom is 0.305 e. The number of unbranched alkanes of at least 4 members (excludes halogenated alkanes) is 3. The molecule has 4 nitrogen and oxygen atoms in total. The van der Waals surface area contributed by atoms with Crippen molar-refractivity contribution in [3.8, 4) is 0 Å². The van der Waals surface area contributed by atoms with Crippen LogP contribution in [0.4, 0.5) is 0 Å². The molecule has 1 aromatic rings. The number of aryl methyl sites for hydroxylation is 1. The predicted octanol–water partition coefficient (Wildman–Crippen LogP) is 5.99. The van der Waals surface area contributed by atoms with Crippen LogP contribution in [0.5, 0.6) is 0 Å². The Morgan fingerprint density at radius 3 is 2.62 bits per heavy atom. The van der Waals surface area contributed by atoms with Gasteiger partial charge in [-0.25, -0.2) is 0 Å². The predicted molar refractivity (Wildman–Crippen MR) is 133 cm³/mol. The fourth-order valence-corrected chi connectivity index (χ4v) is 6.05. The third-order valence-corrected chi connectivity index (χ3v) is 8.26. The third kappa shape index (κ3) is 9.27. The zero-order valence-electron chi connectivity index (χ0n) is 20.2. The monoisotopic (exact) mass is 462 g/mol. The summed E-state index contributed by atoms with van der Waals surface area (Å²) in [5.74, 6) is 1.10. The molecule has 3 atom stereocenters. The highest BCUT2D eigenvalue weighted by Crippen LogP contribution is 2.38. The molecule has 1 aliphatic carbocycles. The summed E-state index contributed by atoms with van der Waals surface area (Å²) in [4.78, 5) is 23.8. The second kappa shape index (κ2) is 14.0. The number of aliphatic hydroxyl groups is 1. The minimum Gasteiger partial charge on any atom is -0.466 e. The van der Waals surface area contributed by atoms with E-state index >= 15 is 0 Å². The van der Waals surface area contributed by atoms with E-state index in [9.17, 15) is 14.7 Å². The molecule has 0 bridgehead atoms. The van der Waals surface area contributed by atoms with Gasteiger partial charge in [-0.05, 0) is 50.0 Å². The number of esters is 1. The minimum absolute atomic E-state index is 0.111. The molecule has 0 aromatic heterocycles. The van der Waals surface area contributed by atoms with Gasteiger partial charge in [0.2, 0.25) is 0 Å². The average molecular weight is 463 g/mol. The smallest absolute Gasteiger partial charge is 0.305 e. The number of hydrogen-bond donors (Lipinski definition) is 1. The van der Waals surface area contributed by atoms with E-state index in [0.29, 0.717) is 36.2 Å². The first-order valence-corrected chi connectivity index (χ1v) is 13.4. The molecule has 5 heteroatoms. The summed E-state index contributed by atoms with van der Waals surface area (Å²) in [6.45, 7) is 6.57. The second-order valence-electron chi connectivity index (χ2n) is 9.73. The first kappa shape index (κ1) is 26.9. The number of aliphatic hydroxyl groups excluding tert-OH is 1. The van der Waals surface area contributed by atoms with Crippen molar-refractivity contribution in [1.29, 1.82) is 0 Å². The molecular formula is C27H42O4S. The average Bonchev–Trinajstić information content (AvgIpc) is 3.13. The Morgan fingerprint density at radius 1 is 1.19 bits per heavy atom. The normalized spacial score (nSPS) is 19.8. The molecule has 0 radical (unpaired) electrons. The zero-order chi connectivity index (χ0) is 23.4. The van der Waals surface area contributed by atoms with Crippen molar-refractivity contribution < 1.29 is 19.4 Å². The quantitative estimate of drug-likeness (QED) is 0.256. The van der Waals surface area contributed by atoms with Crippen molar-refractivity contribution in [2.24, 2.45) is 11.3 Å². The number of carbonyl (C=O) groups excluding carboxylic acids is 2. The van der Waals surface area contributed by atoms with Crippen molar-refractivity contribution in [2.45, 2.75) is 96.3 Å². The van der Waals surface area contributed by atoms with E-state index in [2.05, 4.69) is 38.1 Å². The first-order valence-electron chi connectivity index (χ1n) is 12.4. The standard InChI is InChI=1S/C27H42O4S/c1-4-31-26(30)15-11-6-5-10-14-22-23(28)16-17-24(22)32-20-25(29)27(2,3)19-18-21-12-8-7-9-13-21/h7-9,12-13,22,24-25,29H,4-6,10-11,14-20H2,1-3H3. The molecule has 180 valence electrons. The van der Waals surface area contributed by atoms with Gasteiger partial charge in [0.15, 0.2) is 0 Å². The van der Waals surface area contributed by atoms with Gasteiger partial charge in [0, 0.05) is 29.8 Å². The van der Waals surface area contributed by atoms with Crippen LogP contribution >= 0.6 is 11.8 Å². The molecule has 0 saturated heterocycles. The van der Waals surface area contributed by atoms with E-state index in [4.69, 9.17) is 4.74 Å². The summed E-state index contributed by atoms with van der Waals surface area (Å²) < 4.78 is 4.96. The minimum atomic E-state index is -0.379. The van der Waals surface area contributed by atoms with Crippen LogP contribution in [0.3, 0.4) is 0 Å². The van der Waals surface area contributed by atoms with Crippen LogP contribution in [-0.2, 0) is 20.7 Å². The Morgan fingerprint density at radius 2 is 1.91 bits per heavy atom. The maximum atomic E-state index is 12.4. The fourth-order valence-electron chi connectivity index (χ4n) is 4.36. The molecule has 0 aliphatic heterocycles. The van der Waals surface area contributed by atoms with Crippen LogP contribution in [0.2, 0.25) is 0 Å². The van der Waals surface area contributed by atoms with Gasteiger partial charge in [0.1, 0.15) is 5.78 Å². The molecule has 2 rings (SSSR count). The van der Waals surface area contributed by atoms with Gasteiger partial charge < -0.3 is 9.84 Å². The summed E-state index contributed by atoms with van der Waals surface area (Å²) in [6, 6.07) is 10.4. The largest absolute Gasteiger partial charge is 0.466 e. The Balaban J connectivity index is 1.69. The maximum absolute atomic E-state index is 12.4. The van der Waals surface area contributed by atoms with Gasteiger partial charge in [-0.1, -0.05) is 63.4 Å². The van der Waals surface area contributed by atoms with Gasteiger partial charge in [-0.3, -0.25) is 9.59 Å². The van der Waals surface area contributed by atoms with Crippen LogP contribution in [0.25, 0.3) is 0 Å². The molecule has 1 saturated carbocycles. The highest BCUT2D eigenvalue weighted by molar-refractivity contribution is 8.00. The molecule has 0 spiro atoms. The summed E-state index contributed by atoms with van der Waals surface area (Å²) in [5, 5.41) is 11.2. The topological polar surface area (TPSA) is 63.6 Å². The second-order valence-corrected chi connectivity index (χ2v) is 11.0. The van der Waals surface area contributed by atoms with Gasteiger partial charge in [-0.2, -0.15) is 11.8 Å². The van der Waals surface area contributed by atoms with E-state index < -0.39 is 0 Å². The first-order chi connectivity index (χ1) is 15.3. The van der Waals surface area contributed by atoms with Crippen LogP contribution in [0.1, 0.15) is 84.1 Å². The van der Waals surface area contributed by atoms with Gasteiger partial charge >= 0.3 is 5.97 Å². The molecule has 0 amide bonds. The van der Waals surface area contributed by atoms with Gasteiger partial charge in [-0.15, -0.1) is 0 Å². The number of Topliss-reactive ketones (excluding diaryl/α,β-unsaturated/α-hetero) is 1. The lowest BCUT2D eigenvalue weighted by Gasteiger charge is -2.31. The number of ketones is 1. The summed E-state index contributed by atoms with van der Waals surface area (Å²) in [6.07, 6.45) is 8.52. The van der Waals surface area contributed by atoms with E-state index in [-0.39, 0.29) is 23.4 Å². The highest BCUT2D eigenvalue weighted by atomic mass is 32.2. The van der Waals surface area contributed by atoms with Crippen molar-refractivity contribution in [3.05, 3.63) is 35.9 Å². The van der Waals surface area contributed by atoms with E-state index in [1.165, 1.54) is 5.56 Å². The highest BCUT2D eigenvalue weighted by Gasteiger charge is 2.36. The van der Waals surface area contributed by atoms with E-state index in [0.717, 1.165) is 51.4 Å². The number of rotatable bonds is 15. The van der Waals surface area contributed by atoms with Crippen LogP contribution in [0, 0.1) is 11.3 Å². The lowest BCUT2D eigenvalue weighted by atomic mass is 9.81. The molecule has 0 heterocycles. The van der Waals surface area contributed by atoms with Crippen molar-refractivity contribution in [2.75, 3.05) is 12.4 Å². The lowest BCUT2D eigenvalue weighted by molar-refractivity contribution is -0.143. The Labute approximate surface area is 198 Å². The number of carbonyl (C=O) groups is 2. The molecule has 1 fully saturated rings. The Hall–Kier alpha value is -1.33. The van der Waals surface area contributed by atoms with Crippen molar-refractivity contribution >= 4 is 23.5 Å². The van der Waals surface area contributed by atoms with Gasteiger partial charge in [0.25, 0.3) is 0 Å². The molecule has 32 heavy (non-hydrogen) atoms. The van der Waals surface area contributed by atoms with Crippen LogP contribution in [-0.4, -0.2) is 40.6 Å². The van der Waals surface area contributed by atoms with E-state index in [1.807, 2.05) is 13.0 Å². The molecule has 3 unspecified atom stereocenters. The zero-order valence-corrected chi connectivity index (χ0v) is 21.0. The van der Waals surface area contributed by atoms with Crippen molar-refractivity contribution in [1.82, 2.24) is 0 Å². The Bertz CT molecular complexity index is 688. The number of ether oxygens (including phenoxy) is 1. The van der Waals surface area contributed by atoms with Crippen LogP contribution in [0.15, 0.2) is 30.3 Å². The lowest BCUT2D eigenvalue weighted by Crippen LogP contribution is -2.33.